The molecule has 2 rings (SSSR count). The van der Waals surface area contributed by atoms with Crippen LogP contribution < -0.4 is 0 Å². The van der Waals surface area contributed by atoms with Crippen LogP contribution in [-0.4, -0.2) is 37.7 Å². The minimum atomic E-state index is -1.99. The molecule has 0 N–H and O–H groups in total. The smallest absolute Gasteiger partial charge is 0.261 e. The van der Waals surface area contributed by atoms with Gasteiger partial charge in [-0.1, -0.05) is 39.0 Å². The van der Waals surface area contributed by atoms with Crippen molar-refractivity contribution in [3.8, 4) is 0 Å². The van der Waals surface area contributed by atoms with Gasteiger partial charge in [-0.2, -0.15) is 0 Å². The number of carbonyl (C=O) groups is 2. The number of fused-ring (bicyclic) bond motifs is 1. The third-order valence-electron chi connectivity index (χ3n) is 5.18. The van der Waals surface area contributed by atoms with E-state index < -0.39 is 8.32 Å². The molecule has 26 heavy (non-hydrogen) atoms. The van der Waals surface area contributed by atoms with Gasteiger partial charge in [0.25, 0.3) is 11.8 Å². The molecular weight excluding hydrogens is 478 g/mol. The highest BCUT2D eigenvalue weighted by Crippen LogP contribution is 2.37. The second kappa shape index (κ2) is 8.08. The van der Waals surface area contributed by atoms with E-state index in [1.54, 1.807) is 24.3 Å². The van der Waals surface area contributed by atoms with Gasteiger partial charge in [0.1, 0.15) is 0 Å². The highest BCUT2D eigenvalue weighted by Gasteiger charge is 2.42. The zero-order valence-corrected chi connectivity index (χ0v) is 20.0. The number of nitrogens with zero attached hydrogens (tertiary/aromatic N) is 1. The van der Waals surface area contributed by atoms with Gasteiger partial charge in [-0.15, -0.1) is 0 Å². The monoisotopic (exact) mass is 501 g/mol. The van der Waals surface area contributed by atoms with Crippen LogP contribution in [0.1, 0.15) is 47.9 Å². The SMILES string of the molecule is CC(C)(C)[Si](C)(C)OCC(CC=C(Br)Br)N1C(=O)c2ccccc2C1=O. The van der Waals surface area contributed by atoms with Gasteiger partial charge in [-0.3, -0.25) is 14.5 Å². The van der Waals surface area contributed by atoms with Gasteiger partial charge in [0.15, 0.2) is 8.32 Å². The van der Waals surface area contributed by atoms with Crippen LogP contribution in [0.2, 0.25) is 18.1 Å². The Morgan fingerprint density at radius 3 is 2.08 bits per heavy atom. The summed E-state index contributed by atoms with van der Waals surface area (Å²) in [6.07, 6.45) is 2.43. The topological polar surface area (TPSA) is 46.6 Å². The van der Waals surface area contributed by atoms with Gasteiger partial charge in [0.2, 0.25) is 0 Å². The molecule has 1 heterocycles. The van der Waals surface area contributed by atoms with Crippen LogP contribution in [0.3, 0.4) is 0 Å². The number of halogens is 2. The summed E-state index contributed by atoms with van der Waals surface area (Å²) in [6.45, 7) is 11.2. The first-order valence-electron chi connectivity index (χ1n) is 8.58. The lowest BCUT2D eigenvalue weighted by molar-refractivity contribution is 0.0526. The van der Waals surface area contributed by atoms with Gasteiger partial charge >= 0.3 is 0 Å². The van der Waals surface area contributed by atoms with E-state index in [9.17, 15) is 9.59 Å². The van der Waals surface area contributed by atoms with Crippen LogP contribution in [0.25, 0.3) is 0 Å². The molecule has 2 amide bonds. The number of hydrogen-bond acceptors (Lipinski definition) is 3. The van der Waals surface area contributed by atoms with E-state index in [4.69, 9.17) is 4.43 Å². The number of amides is 2. The first kappa shape index (κ1) is 21.5. The first-order chi connectivity index (χ1) is 12.0. The molecule has 1 aliphatic heterocycles. The quantitative estimate of drug-likeness (QED) is 0.370. The third-order valence-corrected chi connectivity index (χ3v) is 10.3. The Morgan fingerprint density at radius 2 is 1.65 bits per heavy atom. The summed E-state index contributed by atoms with van der Waals surface area (Å²) in [5, 5.41) is 0.0609. The van der Waals surface area contributed by atoms with E-state index >= 15 is 0 Å². The number of rotatable bonds is 6. The summed E-state index contributed by atoms with van der Waals surface area (Å²) >= 11 is 6.70. The second-order valence-corrected chi connectivity index (χ2v) is 15.6. The Morgan fingerprint density at radius 1 is 1.15 bits per heavy atom. The van der Waals surface area contributed by atoms with Crippen molar-refractivity contribution in [2.24, 2.45) is 0 Å². The molecule has 0 saturated heterocycles. The van der Waals surface area contributed by atoms with Crippen molar-refractivity contribution in [3.63, 3.8) is 0 Å². The van der Waals surface area contributed by atoms with Crippen molar-refractivity contribution >= 4 is 52.0 Å². The molecule has 1 aromatic rings. The van der Waals surface area contributed by atoms with Crippen LogP contribution in [0.5, 0.6) is 0 Å². The van der Waals surface area contributed by atoms with Crippen molar-refractivity contribution in [1.82, 2.24) is 4.90 Å². The van der Waals surface area contributed by atoms with Crippen LogP contribution >= 0.6 is 31.9 Å². The molecular formula is C19H25Br2NO3Si. The lowest BCUT2D eigenvalue weighted by atomic mass is 10.1. The Bertz CT molecular complexity index is 702. The maximum absolute atomic E-state index is 12.8. The predicted octanol–water partition coefficient (Wildman–Crippen LogP) is 5.69. The lowest BCUT2D eigenvalue weighted by Crippen LogP contribution is -2.48. The minimum absolute atomic E-state index is 0.0609. The Balaban J connectivity index is 2.27. The highest BCUT2D eigenvalue weighted by atomic mass is 79.9. The molecule has 0 aromatic heterocycles. The number of imide groups is 1. The van der Waals surface area contributed by atoms with Crippen molar-refractivity contribution in [1.29, 1.82) is 0 Å². The van der Waals surface area contributed by atoms with E-state index in [1.165, 1.54) is 4.90 Å². The largest absolute Gasteiger partial charge is 0.415 e. The average Bonchev–Trinajstić information content (AvgIpc) is 2.79. The first-order valence-corrected chi connectivity index (χ1v) is 13.1. The van der Waals surface area contributed by atoms with E-state index in [0.717, 1.165) is 3.39 Å². The normalized spacial score (nSPS) is 15.9. The summed E-state index contributed by atoms with van der Waals surface area (Å²) in [5.74, 6) is -0.484. The lowest BCUT2D eigenvalue weighted by Gasteiger charge is -2.38. The van der Waals surface area contributed by atoms with E-state index in [2.05, 4.69) is 65.7 Å². The fraction of sp³-hybridized carbons (Fsp3) is 0.474. The van der Waals surface area contributed by atoms with Gasteiger partial charge < -0.3 is 4.43 Å². The van der Waals surface area contributed by atoms with Gasteiger partial charge in [0, 0.05) is 0 Å². The summed E-state index contributed by atoms with van der Waals surface area (Å²) in [4.78, 5) is 27.0. The van der Waals surface area contributed by atoms with Gasteiger partial charge in [-0.05, 0) is 68.5 Å². The Kier molecular flexibility index (Phi) is 6.70. The molecule has 4 nitrogen and oxygen atoms in total. The zero-order chi connectivity index (χ0) is 19.7. The standard InChI is InChI=1S/C19H25Br2NO3Si/c1-19(2,3)26(4,5)25-12-13(10-11-16(20)21)22-17(23)14-8-6-7-9-15(14)18(22)24/h6-9,11,13H,10,12H2,1-5H3. The maximum Gasteiger partial charge on any atom is 0.261 e. The number of carbonyl (C=O) groups excluding carboxylic acids is 2. The van der Waals surface area contributed by atoms with Gasteiger partial charge in [0.05, 0.1) is 27.2 Å². The summed E-state index contributed by atoms with van der Waals surface area (Å²) in [7, 11) is -1.99. The molecule has 1 unspecified atom stereocenters. The fourth-order valence-corrected chi connectivity index (χ4v) is 3.95. The minimum Gasteiger partial charge on any atom is -0.415 e. The Hall–Kier alpha value is -0.763. The van der Waals surface area contributed by atoms with Crippen LogP contribution in [0, 0.1) is 0 Å². The average molecular weight is 503 g/mol. The summed E-state index contributed by atoms with van der Waals surface area (Å²) in [6, 6.07) is 6.63. The van der Waals surface area contributed by atoms with Crippen molar-refractivity contribution in [2.75, 3.05) is 6.61 Å². The van der Waals surface area contributed by atoms with Crippen LogP contribution in [0.15, 0.2) is 33.7 Å². The van der Waals surface area contributed by atoms with Gasteiger partial charge in [-0.25, -0.2) is 0 Å². The molecule has 142 valence electrons. The van der Waals surface area contributed by atoms with Crippen molar-refractivity contribution in [3.05, 3.63) is 44.9 Å². The highest BCUT2D eigenvalue weighted by molar-refractivity contribution is 9.28. The molecule has 0 saturated carbocycles. The molecule has 1 aromatic carbocycles. The molecule has 7 heteroatoms. The molecule has 0 radical (unpaired) electrons. The van der Waals surface area contributed by atoms with Crippen LogP contribution in [0.4, 0.5) is 0 Å². The van der Waals surface area contributed by atoms with E-state index in [1.807, 2.05) is 6.08 Å². The molecule has 0 spiro atoms. The maximum atomic E-state index is 12.8. The summed E-state index contributed by atoms with van der Waals surface area (Å²) < 4.78 is 7.12. The predicted molar refractivity (Wildman–Crippen MR) is 114 cm³/mol. The number of benzene rings is 1. The van der Waals surface area contributed by atoms with Crippen molar-refractivity contribution in [2.45, 2.75) is 51.4 Å². The second-order valence-electron chi connectivity index (χ2n) is 7.98. The molecule has 0 fully saturated rings. The third kappa shape index (κ3) is 4.55. The molecule has 0 aliphatic carbocycles. The Labute approximate surface area is 173 Å². The van der Waals surface area contributed by atoms with E-state index in [-0.39, 0.29) is 22.9 Å². The zero-order valence-electron chi connectivity index (χ0n) is 15.8. The van der Waals surface area contributed by atoms with E-state index in [0.29, 0.717) is 24.2 Å². The van der Waals surface area contributed by atoms with Crippen LogP contribution in [-0.2, 0) is 4.43 Å². The molecule has 1 aliphatic rings. The molecule has 1 atom stereocenters. The van der Waals surface area contributed by atoms with Crippen molar-refractivity contribution < 1.29 is 14.0 Å². The fourth-order valence-electron chi connectivity index (χ4n) is 2.53. The number of hydrogen-bond donors (Lipinski definition) is 0. The molecule has 0 bridgehead atoms. The summed E-state index contributed by atoms with van der Waals surface area (Å²) in [5.41, 5.74) is 0.938.